The first-order valence-electron chi connectivity index (χ1n) is 14.2. The van der Waals surface area contributed by atoms with E-state index >= 15 is 0 Å². The van der Waals surface area contributed by atoms with Crippen LogP contribution in [0.5, 0.6) is 0 Å². The van der Waals surface area contributed by atoms with Gasteiger partial charge in [-0.3, -0.25) is 15.0 Å². The first-order valence-corrected chi connectivity index (χ1v) is 15.7. The molecule has 0 radical (unpaired) electrons. The quantitative estimate of drug-likeness (QED) is 0.0810. The molecule has 0 aliphatic carbocycles. The van der Waals surface area contributed by atoms with Gasteiger partial charge in [0.1, 0.15) is 11.6 Å². The zero-order chi connectivity index (χ0) is 32.4. The maximum atomic E-state index is 13.7. The third-order valence-corrected chi connectivity index (χ3v) is 8.42. The van der Waals surface area contributed by atoms with Gasteiger partial charge in [0.2, 0.25) is 5.96 Å². The SMILES string of the molecule is COC(=O)[C@H](CCCNC(=N)NS(=O)(=O)c1ccc(C)cc1)NC(=O)c1cccn(C(c2ccccc2)c2ccccc2)c1=O. The summed E-state index contributed by atoms with van der Waals surface area (Å²) in [5.41, 5.74) is 1.93. The number of aromatic nitrogens is 1. The highest BCUT2D eigenvalue weighted by atomic mass is 32.2. The monoisotopic (exact) mass is 629 g/mol. The van der Waals surface area contributed by atoms with Gasteiger partial charge in [0.15, 0.2) is 0 Å². The molecule has 1 atom stereocenters. The summed E-state index contributed by atoms with van der Waals surface area (Å²) in [5.74, 6) is -1.89. The summed E-state index contributed by atoms with van der Waals surface area (Å²) in [6.07, 6.45) is 1.98. The fraction of sp³-hybridized carbons (Fsp3) is 0.212. The lowest BCUT2D eigenvalue weighted by atomic mass is 9.98. The van der Waals surface area contributed by atoms with E-state index in [-0.39, 0.29) is 29.8 Å². The van der Waals surface area contributed by atoms with Crippen LogP contribution >= 0.6 is 0 Å². The van der Waals surface area contributed by atoms with Crippen molar-refractivity contribution in [3.05, 3.63) is 136 Å². The Balaban J connectivity index is 1.43. The number of sulfonamides is 1. The number of nitrogens with zero attached hydrogens (tertiary/aromatic N) is 1. The normalized spacial score (nSPS) is 11.8. The van der Waals surface area contributed by atoms with Crippen LogP contribution in [0.4, 0.5) is 0 Å². The summed E-state index contributed by atoms with van der Waals surface area (Å²) in [4.78, 5) is 39.6. The molecule has 45 heavy (non-hydrogen) atoms. The molecule has 0 saturated carbocycles. The van der Waals surface area contributed by atoms with Gasteiger partial charge < -0.3 is 19.9 Å². The summed E-state index contributed by atoms with van der Waals surface area (Å²) in [5, 5.41) is 13.2. The molecule has 4 N–H and O–H groups in total. The second-order valence-electron chi connectivity index (χ2n) is 10.3. The maximum Gasteiger partial charge on any atom is 0.328 e. The number of ether oxygens (including phenoxy) is 1. The van der Waals surface area contributed by atoms with Gasteiger partial charge in [-0.2, -0.15) is 0 Å². The number of methoxy groups -OCH3 is 1. The van der Waals surface area contributed by atoms with Gasteiger partial charge in [-0.25, -0.2) is 17.9 Å². The lowest BCUT2D eigenvalue weighted by molar-refractivity contribution is -0.143. The molecule has 0 fully saturated rings. The summed E-state index contributed by atoms with van der Waals surface area (Å²) < 4.78 is 33.5. The average molecular weight is 630 g/mol. The molecule has 0 bridgehead atoms. The highest BCUT2D eigenvalue weighted by Gasteiger charge is 2.25. The highest BCUT2D eigenvalue weighted by molar-refractivity contribution is 7.90. The molecular formula is C33H35N5O6S. The van der Waals surface area contributed by atoms with Gasteiger partial charge in [-0.15, -0.1) is 0 Å². The second kappa shape index (κ2) is 15.0. The topological polar surface area (TPSA) is 159 Å². The Kier molecular flexibility index (Phi) is 10.9. The number of hydrogen-bond acceptors (Lipinski definition) is 7. The van der Waals surface area contributed by atoms with Crippen molar-refractivity contribution in [3.63, 3.8) is 0 Å². The number of aryl methyl sites for hydroxylation is 1. The van der Waals surface area contributed by atoms with Crippen LogP contribution < -0.4 is 20.9 Å². The number of carbonyl (C=O) groups is 2. The molecule has 1 amide bonds. The minimum absolute atomic E-state index is 0.0203. The van der Waals surface area contributed by atoms with Crippen LogP contribution in [0.1, 0.15) is 45.9 Å². The molecule has 0 unspecified atom stereocenters. The summed E-state index contributed by atoms with van der Waals surface area (Å²) in [6, 6.07) is 26.5. The number of carbonyl (C=O) groups excluding carboxylic acids is 2. The predicted octanol–water partition coefficient (Wildman–Crippen LogP) is 3.35. The molecule has 234 valence electrons. The van der Waals surface area contributed by atoms with Crippen molar-refractivity contribution in [2.24, 2.45) is 0 Å². The fourth-order valence-corrected chi connectivity index (χ4v) is 5.72. The molecule has 1 aromatic heterocycles. The fourth-order valence-electron chi connectivity index (χ4n) is 4.76. The number of nitrogens with one attached hydrogen (secondary N) is 4. The van der Waals surface area contributed by atoms with E-state index in [4.69, 9.17) is 10.1 Å². The third-order valence-electron chi connectivity index (χ3n) is 7.06. The van der Waals surface area contributed by atoms with E-state index in [2.05, 4.69) is 15.4 Å². The number of hydrogen-bond donors (Lipinski definition) is 4. The van der Waals surface area contributed by atoms with Crippen LogP contribution in [-0.2, 0) is 19.6 Å². The summed E-state index contributed by atoms with van der Waals surface area (Å²) in [6.45, 7) is 1.95. The molecular weight excluding hydrogens is 594 g/mol. The molecule has 0 saturated heterocycles. The Labute approximate surface area is 261 Å². The van der Waals surface area contributed by atoms with Crippen molar-refractivity contribution < 1.29 is 22.7 Å². The van der Waals surface area contributed by atoms with Gasteiger partial charge in [-0.1, -0.05) is 78.4 Å². The Morgan fingerprint density at radius 3 is 2.07 bits per heavy atom. The van der Waals surface area contributed by atoms with Crippen LogP contribution in [0, 0.1) is 12.3 Å². The third kappa shape index (κ3) is 8.45. The molecule has 4 aromatic rings. The molecule has 3 aromatic carbocycles. The minimum atomic E-state index is -3.94. The predicted molar refractivity (Wildman–Crippen MR) is 171 cm³/mol. The molecule has 4 rings (SSSR count). The molecule has 0 aliphatic rings. The summed E-state index contributed by atoms with van der Waals surface area (Å²) >= 11 is 0. The largest absolute Gasteiger partial charge is 0.467 e. The standard InChI is InChI=1S/C33H35N5O6S/c1-23-17-19-26(20-18-23)45(42,43)37-33(34)35-21-9-16-28(32(41)44-2)36-30(39)27-15-10-22-38(31(27)40)29(24-11-5-3-6-12-24)25-13-7-4-8-14-25/h3-8,10-15,17-20,22,28-29H,9,16,21H2,1-2H3,(H,36,39)(H3,34,35,37)/t28-/m0/s1. The van der Waals surface area contributed by atoms with Crippen molar-refractivity contribution in [1.82, 2.24) is 19.9 Å². The first-order chi connectivity index (χ1) is 21.6. The van der Waals surface area contributed by atoms with E-state index in [1.165, 1.54) is 29.9 Å². The van der Waals surface area contributed by atoms with E-state index in [9.17, 15) is 22.8 Å². The van der Waals surface area contributed by atoms with Crippen LogP contribution in [0.2, 0.25) is 0 Å². The van der Waals surface area contributed by atoms with E-state index in [1.54, 1.807) is 24.4 Å². The average Bonchev–Trinajstić information content (AvgIpc) is 3.04. The number of rotatable bonds is 12. The number of esters is 1. The van der Waals surface area contributed by atoms with Crippen molar-refractivity contribution in [2.75, 3.05) is 13.7 Å². The van der Waals surface area contributed by atoms with E-state index in [0.717, 1.165) is 16.7 Å². The smallest absolute Gasteiger partial charge is 0.328 e. The second-order valence-corrected chi connectivity index (χ2v) is 12.0. The van der Waals surface area contributed by atoms with Crippen molar-refractivity contribution in [1.29, 1.82) is 5.41 Å². The lowest BCUT2D eigenvalue weighted by Crippen LogP contribution is -2.45. The minimum Gasteiger partial charge on any atom is -0.467 e. The van der Waals surface area contributed by atoms with Gasteiger partial charge >= 0.3 is 5.97 Å². The summed E-state index contributed by atoms with van der Waals surface area (Å²) in [7, 11) is -2.75. The Morgan fingerprint density at radius 2 is 1.49 bits per heavy atom. The highest BCUT2D eigenvalue weighted by Crippen LogP contribution is 2.25. The first kappa shape index (κ1) is 32.7. The number of pyridine rings is 1. The van der Waals surface area contributed by atoms with Crippen molar-refractivity contribution in [2.45, 2.75) is 36.7 Å². The van der Waals surface area contributed by atoms with Crippen molar-refractivity contribution in [3.8, 4) is 0 Å². The number of amides is 1. The molecule has 12 heteroatoms. The number of guanidine groups is 1. The Hall–Kier alpha value is -5.23. The van der Waals surface area contributed by atoms with Crippen LogP contribution in [0.25, 0.3) is 0 Å². The van der Waals surface area contributed by atoms with Crippen LogP contribution in [-0.4, -0.2) is 50.5 Å². The van der Waals surface area contributed by atoms with E-state index in [0.29, 0.717) is 0 Å². The van der Waals surface area contributed by atoms with Crippen LogP contribution in [0.15, 0.2) is 113 Å². The Morgan fingerprint density at radius 1 is 0.889 bits per heavy atom. The van der Waals surface area contributed by atoms with E-state index < -0.39 is 45.5 Å². The van der Waals surface area contributed by atoms with Crippen molar-refractivity contribution >= 4 is 27.9 Å². The van der Waals surface area contributed by atoms with Gasteiger partial charge in [0.05, 0.1) is 18.0 Å². The number of benzene rings is 3. The van der Waals surface area contributed by atoms with Gasteiger partial charge in [0.25, 0.3) is 21.5 Å². The molecule has 11 nitrogen and oxygen atoms in total. The molecule has 0 spiro atoms. The molecule has 1 heterocycles. The van der Waals surface area contributed by atoms with Crippen LogP contribution in [0.3, 0.4) is 0 Å². The van der Waals surface area contributed by atoms with Gasteiger partial charge in [-0.05, 0) is 55.2 Å². The maximum absolute atomic E-state index is 13.7. The van der Waals surface area contributed by atoms with Gasteiger partial charge in [0, 0.05) is 12.7 Å². The zero-order valence-corrected chi connectivity index (χ0v) is 25.7. The Bertz CT molecular complexity index is 1750. The zero-order valence-electron chi connectivity index (χ0n) is 24.9. The van der Waals surface area contributed by atoms with E-state index in [1.807, 2.05) is 67.6 Å². The molecule has 0 aliphatic heterocycles. The lowest BCUT2D eigenvalue weighted by Gasteiger charge is -2.22.